The third kappa shape index (κ3) is 4.80. The minimum atomic E-state index is -0.511. The highest BCUT2D eigenvalue weighted by Crippen LogP contribution is 2.29. The van der Waals surface area contributed by atoms with E-state index < -0.39 is 10.8 Å². The third-order valence-corrected chi connectivity index (χ3v) is 5.39. The smallest absolute Gasteiger partial charge is 0.293 e. The monoisotopic (exact) mass is 412 g/mol. The van der Waals surface area contributed by atoms with E-state index in [-0.39, 0.29) is 22.4 Å². The Morgan fingerprint density at radius 3 is 2.45 bits per heavy atom. The number of thioether (sulfide) groups is 1. The van der Waals surface area contributed by atoms with Crippen LogP contribution < -0.4 is 5.32 Å². The number of amides is 1. The maximum atomic E-state index is 12.3. The van der Waals surface area contributed by atoms with Gasteiger partial charge in [-0.3, -0.25) is 14.9 Å². The third-order valence-electron chi connectivity index (χ3n) is 4.57. The Morgan fingerprint density at radius 2 is 1.76 bits per heavy atom. The van der Waals surface area contributed by atoms with Crippen molar-refractivity contribution in [2.75, 3.05) is 11.1 Å². The summed E-state index contributed by atoms with van der Waals surface area (Å²) in [5.41, 5.74) is 4.76. The maximum Gasteiger partial charge on any atom is 0.293 e. The van der Waals surface area contributed by atoms with Crippen molar-refractivity contribution in [1.29, 1.82) is 0 Å². The molecule has 150 valence electrons. The second-order valence-electron chi connectivity index (χ2n) is 6.72. The van der Waals surface area contributed by atoms with Crippen LogP contribution in [0.1, 0.15) is 22.3 Å². The fourth-order valence-corrected chi connectivity index (χ4v) is 3.19. The molecule has 0 saturated carbocycles. The summed E-state index contributed by atoms with van der Waals surface area (Å²) in [6, 6.07) is 8.89. The van der Waals surface area contributed by atoms with Gasteiger partial charge in [0.25, 0.3) is 10.9 Å². The van der Waals surface area contributed by atoms with Crippen LogP contribution in [0.5, 0.6) is 0 Å². The number of nitro groups is 1. The lowest BCUT2D eigenvalue weighted by molar-refractivity contribution is -0.384. The second kappa shape index (κ2) is 8.44. The minimum absolute atomic E-state index is 0.0152. The number of aryl methyl sites for hydroxylation is 4. The summed E-state index contributed by atoms with van der Waals surface area (Å²) in [4.78, 5) is 23.0. The van der Waals surface area contributed by atoms with Gasteiger partial charge in [-0.2, -0.15) is 0 Å². The number of nitrogens with zero attached hydrogens (tertiary/aromatic N) is 3. The van der Waals surface area contributed by atoms with Crippen LogP contribution in [0.15, 0.2) is 40.0 Å². The van der Waals surface area contributed by atoms with E-state index in [1.165, 1.54) is 11.6 Å². The van der Waals surface area contributed by atoms with Crippen LogP contribution in [0.2, 0.25) is 0 Å². The molecule has 0 saturated heterocycles. The average molecular weight is 412 g/mol. The number of hydrogen-bond acceptors (Lipinski definition) is 7. The van der Waals surface area contributed by atoms with Gasteiger partial charge in [-0.1, -0.05) is 17.8 Å². The Labute approximate surface area is 171 Å². The van der Waals surface area contributed by atoms with Crippen LogP contribution in [-0.4, -0.2) is 26.8 Å². The SMILES string of the molecule is Cc1ccc(-c2nnc(SCC(=O)Nc3cc(C)c(C)cc3[N+](=O)[O-])o2)cc1C. The van der Waals surface area contributed by atoms with E-state index in [4.69, 9.17) is 4.42 Å². The summed E-state index contributed by atoms with van der Waals surface area (Å²) in [5.74, 6) is -0.0355. The molecule has 0 fully saturated rings. The number of hydrogen-bond donors (Lipinski definition) is 1. The Kier molecular flexibility index (Phi) is 5.97. The predicted octanol–water partition coefficient (Wildman–Crippen LogP) is 4.61. The van der Waals surface area contributed by atoms with E-state index in [9.17, 15) is 14.9 Å². The Morgan fingerprint density at radius 1 is 1.07 bits per heavy atom. The first-order valence-electron chi connectivity index (χ1n) is 8.84. The minimum Gasteiger partial charge on any atom is -0.411 e. The lowest BCUT2D eigenvalue weighted by atomic mass is 10.1. The zero-order valence-corrected chi connectivity index (χ0v) is 17.3. The van der Waals surface area contributed by atoms with E-state index >= 15 is 0 Å². The van der Waals surface area contributed by atoms with Gasteiger partial charge in [0.15, 0.2) is 0 Å². The van der Waals surface area contributed by atoms with Crippen molar-refractivity contribution in [3.8, 4) is 11.5 Å². The van der Waals surface area contributed by atoms with E-state index in [2.05, 4.69) is 15.5 Å². The Balaban J connectivity index is 1.66. The Hall–Kier alpha value is -3.20. The van der Waals surface area contributed by atoms with Gasteiger partial charge in [0.05, 0.1) is 10.7 Å². The fraction of sp³-hybridized carbons (Fsp3) is 0.250. The average Bonchev–Trinajstić information content (AvgIpc) is 3.14. The summed E-state index contributed by atoms with van der Waals surface area (Å²) in [5, 5.41) is 22.1. The zero-order chi connectivity index (χ0) is 21.1. The van der Waals surface area contributed by atoms with Crippen molar-refractivity contribution in [3.63, 3.8) is 0 Å². The van der Waals surface area contributed by atoms with Crippen molar-refractivity contribution in [1.82, 2.24) is 10.2 Å². The number of rotatable bonds is 6. The van der Waals surface area contributed by atoms with Gasteiger partial charge in [0.1, 0.15) is 5.69 Å². The molecule has 9 heteroatoms. The molecule has 0 atom stereocenters. The molecular formula is C20H20N4O4S. The van der Waals surface area contributed by atoms with Crippen LogP contribution in [0.3, 0.4) is 0 Å². The van der Waals surface area contributed by atoms with Crippen molar-refractivity contribution < 1.29 is 14.1 Å². The Bertz CT molecular complexity index is 1090. The lowest BCUT2D eigenvalue weighted by Crippen LogP contribution is -2.15. The quantitative estimate of drug-likeness (QED) is 0.357. The first kappa shape index (κ1) is 20.5. The predicted molar refractivity (Wildman–Crippen MR) is 111 cm³/mol. The summed E-state index contributed by atoms with van der Waals surface area (Å²) >= 11 is 1.07. The standard InChI is InChI=1S/C20H20N4O4S/c1-11-5-6-15(7-12(11)2)19-22-23-20(28-19)29-10-18(25)21-16-8-13(3)14(4)9-17(16)24(26)27/h5-9H,10H2,1-4H3,(H,21,25). The number of nitrogens with one attached hydrogen (secondary N) is 1. The van der Waals surface area contributed by atoms with Crippen molar-refractivity contribution >= 4 is 29.0 Å². The summed E-state index contributed by atoms with van der Waals surface area (Å²) in [6.07, 6.45) is 0. The highest BCUT2D eigenvalue weighted by molar-refractivity contribution is 7.99. The van der Waals surface area contributed by atoms with E-state index in [0.29, 0.717) is 5.89 Å². The van der Waals surface area contributed by atoms with E-state index in [0.717, 1.165) is 34.0 Å². The van der Waals surface area contributed by atoms with Crippen LogP contribution in [0.4, 0.5) is 11.4 Å². The molecule has 3 aromatic rings. The molecule has 1 N–H and O–H groups in total. The van der Waals surface area contributed by atoms with Crippen LogP contribution in [0, 0.1) is 37.8 Å². The fourth-order valence-electron chi connectivity index (χ4n) is 2.62. The van der Waals surface area contributed by atoms with Gasteiger partial charge in [0, 0.05) is 11.6 Å². The van der Waals surface area contributed by atoms with Gasteiger partial charge in [-0.05, 0) is 68.1 Å². The summed E-state index contributed by atoms with van der Waals surface area (Å²) < 4.78 is 5.61. The highest BCUT2D eigenvalue weighted by Gasteiger charge is 2.18. The number of benzene rings is 2. The van der Waals surface area contributed by atoms with Gasteiger partial charge < -0.3 is 9.73 Å². The number of anilines is 1. The van der Waals surface area contributed by atoms with Crippen molar-refractivity contribution in [2.45, 2.75) is 32.9 Å². The van der Waals surface area contributed by atoms with Gasteiger partial charge in [0.2, 0.25) is 11.8 Å². The molecule has 1 amide bonds. The van der Waals surface area contributed by atoms with Crippen LogP contribution in [-0.2, 0) is 4.79 Å². The molecule has 3 rings (SSSR count). The van der Waals surface area contributed by atoms with E-state index in [1.54, 1.807) is 13.0 Å². The topological polar surface area (TPSA) is 111 Å². The molecule has 0 aliphatic heterocycles. The number of carbonyl (C=O) groups is 1. The van der Waals surface area contributed by atoms with Gasteiger partial charge in [-0.15, -0.1) is 10.2 Å². The summed E-state index contributed by atoms with van der Waals surface area (Å²) in [6.45, 7) is 7.64. The first-order chi connectivity index (χ1) is 13.7. The highest BCUT2D eigenvalue weighted by atomic mass is 32.2. The molecule has 8 nitrogen and oxygen atoms in total. The van der Waals surface area contributed by atoms with Crippen molar-refractivity contribution in [2.24, 2.45) is 0 Å². The molecule has 1 aromatic heterocycles. The second-order valence-corrected chi connectivity index (χ2v) is 7.65. The molecule has 0 spiro atoms. The number of nitro benzene ring substituents is 1. The number of aromatic nitrogens is 2. The number of carbonyl (C=O) groups excluding carboxylic acids is 1. The molecule has 0 unspecified atom stereocenters. The van der Waals surface area contributed by atoms with Gasteiger partial charge >= 0.3 is 0 Å². The molecular weight excluding hydrogens is 392 g/mol. The molecule has 0 aliphatic rings. The molecule has 0 bridgehead atoms. The molecule has 0 radical (unpaired) electrons. The first-order valence-corrected chi connectivity index (χ1v) is 9.82. The van der Waals surface area contributed by atoms with E-state index in [1.807, 2.05) is 39.0 Å². The maximum absolute atomic E-state index is 12.3. The van der Waals surface area contributed by atoms with Gasteiger partial charge in [-0.25, -0.2) is 0 Å². The summed E-state index contributed by atoms with van der Waals surface area (Å²) in [7, 11) is 0. The molecule has 29 heavy (non-hydrogen) atoms. The molecule has 2 aromatic carbocycles. The normalized spacial score (nSPS) is 10.8. The molecule has 0 aliphatic carbocycles. The lowest BCUT2D eigenvalue weighted by Gasteiger charge is -2.08. The van der Waals surface area contributed by atoms with Crippen LogP contribution in [0.25, 0.3) is 11.5 Å². The zero-order valence-electron chi connectivity index (χ0n) is 16.5. The van der Waals surface area contributed by atoms with Crippen LogP contribution >= 0.6 is 11.8 Å². The largest absolute Gasteiger partial charge is 0.411 e. The van der Waals surface area contributed by atoms with Crippen molar-refractivity contribution in [3.05, 3.63) is 62.7 Å². The molecule has 1 heterocycles.